The molecule has 1 atom stereocenters. The number of nitrogens with zero attached hydrogens (tertiary/aromatic N) is 2. The minimum absolute atomic E-state index is 0.276. The van der Waals surface area contributed by atoms with Gasteiger partial charge < -0.3 is 5.32 Å². The summed E-state index contributed by atoms with van der Waals surface area (Å²) in [5.41, 5.74) is 1.96. The molecule has 1 fully saturated rings. The lowest BCUT2D eigenvalue weighted by molar-refractivity contribution is -0.120. The number of fused-ring (bicyclic) bond motifs is 1. The van der Waals surface area contributed by atoms with Crippen molar-refractivity contribution in [3.63, 3.8) is 0 Å². The third-order valence-electron chi connectivity index (χ3n) is 4.59. The monoisotopic (exact) mass is 421 g/mol. The van der Waals surface area contributed by atoms with Crippen LogP contribution in [0.15, 0.2) is 39.9 Å². The highest BCUT2D eigenvalue weighted by Crippen LogP contribution is 2.30. The molecule has 3 aromatic rings. The maximum atomic E-state index is 12.9. The molecule has 1 aromatic carbocycles. The number of carbonyl (C=O) groups is 1. The fraction of sp³-hybridized carbons (Fsp3) is 0.333. The van der Waals surface area contributed by atoms with Crippen molar-refractivity contribution in [3.8, 4) is 0 Å². The van der Waals surface area contributed by atoms with E-state index in [0.717, 1.165) is 28.6 Å². The number of nitrogens with one attached hydrogen (secondary N) is 1. The molecule has 142 valence electrons. The highest BCUT2D eigenvalue weighted by molar-refractivity contribution is 7.91. The fourth-order valence-corrected chi connectivity index (χ4v) is 7.00. The van der Waals surface area contributed by atoms with Gasteiger partial charge in [0.2, 0.25) is 5.91 Å². The summed E-state index contributed by atoms with van der Waals surface area (Å²) >= 11 is 2.58. The maximum absolute atomic E-state index is 12.9. The second-order valence-corrected chi connectivity index (χ2v) is 10.6. The van der Waals surface area contributed by atoms with Crippen molar-refractivity contribution in [2.75, 3.05) is 11.9 Å². The van der Waals surface area contributed by atoms with Crippen LogP contribution in [-0.2, 0) is 14.8 Å². The molecule has 1 saturated heterocycles. The molecule has 3 heterocycles. The number of aromatic nitrogens is 1. The van der Waals surface area contributed by atoms with Crippen molar-refractivity contribution in [1.29, 1.82) is 0 Å². The summed E-state index contributed by atoms with van der Waals surface area (Å²) in [6.45, 7) is 2.37. The first-order valence-electron chi connectivity index (χ1n) is 8.68. The first-order valence-corrected chi connectivity index (χ1v) is 11.8. The summed E-state index contributed by atoms with van der Waals surface area (Å²) in [4.78, 5) is 17.3. The van der Waals surface area contributed by atoms with Gasteiger partial charge in [-0.15, -0.1) is 11.3 Å². The maximum Gasteiger partial charge on any atom is 0.253 e. The van der Waals surface area contributed by atoms with Gasteiger partial charge in [0, 0.05) is 6.54 Å². The molecule has 1 N–H and O–H groups in total. The van der Waals surface area contributed by atoms with Crippen LogP contribution in [0.1, 0.15) is 24.8 Å². The van der Waals surface area contributed by atoms with Crippen LogP contribution in [0.25, 0.3) is 10.2 Å². The number of thiophene rings is 1. The highest BCUT2D eigenvalue weighted by atomic mass is 32.2. The second kappa shape index (κ2) is 7.31. The Morgan fingerprint density at radius 1 is 1.30 bits per heavy atom. The first-order chi connectivity index (χ1) is 12.9. The van der Waals surface area contributed by atoms with Gasteiger partial charge in [0.25, 0.3) is 10.0 Å². The molecule has 4 rings (SSSR count). The average Bonchev–Trinajstić information content (AvgIpc) is 3.31. The SMILES string of the molecule is Cc1ccc2nc(NC(=O)[C@H]3CCCCN3S(=O)(=O)c3cccs3)sc2c1. The van der Waals surface area contributed by atoms with Crippen LogP contribution in [0.2, 0.25) is 0 Å². The molecule has 27 heavy (non-hydrogen) atoms. The standard InChI is InChI=1S/C18H19N3O3S3/c1-12-7-8-13-15(11-12)26-18(19-13)20-17(22)14-5-2-3-9-21(14)27(23,24)16-6-4-10-25-16/h4,6-8,10-11,14H,2-3,5,9H2,1H3,(H,19,20,22)/t14-/m1/s1. The fourth-order valence-electron chi connectivity index (χ4n) is 3.25. The molecule has 0 aliphatic carbocycles. The molecular formula is C18H19N3O3S3. The smallest absolute Gasteiger partial charge is 0.253 e. The Morgan fingerprint density at radius 2 is 2.15 bits per heavy atom. The predicted octanol–water partition coefficient (Wildman–Crippen LogP) is 3.85. The second-order valence-electron chi connectivity index (χ2n) is 6.54. The molecule has 1 aliphatic heterocycles. The van der Waals surface area contributed by atoms with Gasteiger partial charge in [-0.2, -0.15) is 4.31 Å². The Morgan fingerprint density at radius 3 is 2.93 bits per heavy atom. The van der Waals surface area contributed by atoms with E-state index in [4.69, 9.17) is 0 Å². The summed E-state index contributed by atoms with van der Waals surface area (Å²) in [6, 6.07) is 8.50. The topological polar surface area (TPSA) is 79.4 Å². The summed E-state index contributed by atoms with van der Waals surface area (Å²) in [7, 11) is -3.66. The Balaban J connectivity index is 1.58. The molecule has 0 bridgehead atoms. The average molecular weight is 422 g/mol. The van der Waals surface area contributed by atoms with E-state index in [1.54, 1.807) is 17.5 Å². The van der Waals surface area contributed by atoms with E-state index in [1.807, 2.05) is 25.1 Å². The summed E-state index contributed by atoms with van der Waals surface area (Å²) < 4.78 is 28.5. The zero-order chi connectivity index (χ0) is 19.0. The number of amides is 1. The lowest BCUT2D eigenvalue weighted by Crippen LogP contribution is -2.49. The van der Waals surface area contributed by atoms with E-state index in [9.17, 15) is 13.2 Å². The Labute approximate surface area is 165 Å². The van der Waals surface area contributed by atoms with E-state index in [-0.39, 0.29) is 10.1 Å². The van der Waals surface area contributed by atoms with Crippen molar-refractivity contribution in [3.05, 3.63) is 41.3 Å². The molecule has 0 saturated carbocycles. The van der Waals surface area contributed by atoms with Gasteiger partial charge in [0.15, 0.2) is 5.13 Å². The molecule has 6 nitrogen and oxygen atoms in total. The van der Waals surface area contributed by atoms with E-state index in [0.29, 0.717) is 18.1 Å². The van der Waals surface area contributed by atoms with E-state index in [1.165, 1.54) is 27.0 Å². The van der Waals surface area contributed by atoms with Crippen LogP contribution in [0.4, 0.5) is 5.13 Å². The number of hydrogen-bond acceptors (Lipinski definition) is 6. The molecular weight excluding hydrogens is 402 g/mol. The van der Waals surface area contributed by atoms with Crippen LogP contribution in [0.5, 0.6) is 0 Å². The van der Waals surface area contributed by atoms with Crippen LogP contribution in [-0.4, -0.2) is 36.2 Å². The predicted molar refractivity (Wildman–Crippen MR) is 109 cm³/mol. The van der Waals surface area contributed by atoms with Gasteiger partial charge in [-0.05, 0) is 48.9 Å². The minimum Gasteiger partial charge on any atom is -0.301 e. The zero-order valence-corrected chi connectivity index (χ0v) is 17.2. The van der Waals surface area contributed by atoms with Crippen LogP contribution in [0.3, 0.4) is 0 Å². The van der Waals surface area contributed by atoms with Gasteiger partial charge in [0.1, 0.15) is 10.3 Å². The van der Waals surface area contributed by atoms with Gasteiger partial charge in [-0.25, -0.2) is 13.4 Å². The number of sulfonamides is 1. The third kappa shape index (κ3) is 3.64. The van der Waals surface area contributed by atoms with Crippen molar-refractivity contribution in [1.82, 2.24) is 9.29 Å². The zero-order valence-electron chi connectivity index (χ0n) is 14.7. The first kappa shape index (κ1) is 18.5. The van der Waals surface area contributed by atoms with Crippen LogP contribution < -0.4 is 5.32 Å². The number of hydrogen-bond donors (Lipinski definition) is 1. The molecule has 0 spiro atoms. The Kier molecular flexibility index (Phi) is 5.02. The molecule has 1 aliphatic rings. The Hall–Kier alpha value is -1.81. The lowest BCUT2D eigenvalue weighted by atomic mass is 10.0. The van der Waals surface area contributed by atoms with Gasteiger partial charge >= 0.3 is 0 Å². The highest BCUT2D eigenvalue weighted by Gasteiger charge is 2.38. The molecule has 0 unspecified atom stereocenters. The van der Waals surface area contributed by atoms with Gasteiger partial charge in [-0.3, -0.25) is 4.79 Å². The van der Waals surface area contributed by atoms with Gasteiger partial charge in [-0.1, -0.05) is 29.9 Å². The number of carbonyl (C=O) groups excluding carboxylic acids is 1. The van der Waals surface area contributed by atoms with E-state index < -0.39 is 16.1 Å². The summed E-state index contributed by atoms with van der Waals surface area (Å²) in [5.74, 6) is -0.314. The number of aryl methyl sites for hydroxylation is 1. The van der Waals surface area contributed by atoms with E-state index >= 15 is 0 Å². The van der Waals surface area contributed by atoms with Crippen molar-refractivity contribution in [2.24, 2.45) is 0 Å². The van der Waals surface area contributed by atoms with Crippen molar-refractivity contribution < 1.29 is 13.2 Å². The molecule has 0 radical (unpaired) electrons. The number of anilines is 1. The van der Waals surface area contributed by atoms with Gasteiger partial charge in [0.05, 0.1) is 10.2 Å². The number of benzene rings is 1. The van der Waals surface area contributed by atoms with E-state index in [2.05, 4.69) is 10.3 Å². The number of rotatable bonds is 4. The summed E-state index contributed by atoms with van der Waals surface area (Å²) in [5, 5.41) is 5.06. The summed E-state index contributed by atoms with van der Waals surface area (Å²) in [6.07, 6.45) is 2.10. The van der Waals surface area contributed by atoms with Crippen molar-refractivity contribution in [2.45, 2.75) is 36.4 Å². The quantitative estimate of drug-likeness (QED) is 0.694. The molecule has 9 heteroatoms. The lowest BCUT2D eigenvalue weighted by Gasteiger charge is -2.32. The van der Waals surface area contributed by atoms with Crippen LogP contribution >= 0.6 is 22.7 Å². The van der Waals surface area contributed by atoms with Crippen molar-refractivity contribution >= 4 is 54.0 Å². The minimum atomic E-state index is -3.66. The van der Waals surface area contributed by atoms with Crippen LogP contribution in [0, 0.1) is 6.92 Å². The normalized spacial score (nSPS) is 18.6. The Bertz CT molecular complexity index is 1070. The molecule has 2 aromatic heterocycles. The molecule has 1 amide bonds. The largest absolute Gasteiger partial charge is 0.301 e. The number of thiazole rings is 1. The third-order valence-corrected chi connectivity index (χ3v) is 8.80. The number of piperidine rings is 1.